The highest BCUT2D eigenvalue weighted by Crippen LogP contribution is 2.29. The van der Waals surface area contributed by atoms with E-state index in [1.807, 2.05) is 32.9 Å². The van der Waals surface area contributed by atoms with Crippen LogP contribution in [-0.2, 0) is 0 Å². The number of hydrogen-bond acceptors (Lipinski definition) is 3. The molecule has 1 heterocycles. The Bertz CT molecular complexity index is 699. The SMILES string of the molecule is COc1c(C)ccc(NC(=O)c2cnc(C)cc2Cl)c1C. The summed E-state index contributed by atoms with van der Waals surface area (Å²) in [5.74, 6) is 0.474. The largest absolute Gasteiger partial charge is 0.496 e. The smallest absolute Gasteiger partial charge is 0.258 e. The predicted molar refractivity (Wildman–Crippen MR) is 84.4 cm³/mol. The summed E-state index contributed by atoms with van der Waals surface area (Å²) in [6.45, 7) is 5.68. The Hall–Kier alpha value is -2.07. The third-order valence-electron chi connectivity index (χ3n) is 3.29. The van der Waals surface area contributed by atoms with E-state index in [1.54, 1.807) is 13.2 Å². The second-order valence-electron chi connectivity index (χ2n) is 4.85. The van der Waals surface area contributed by atoms with Gasteiger partial charge < -0.3 is 10.1 Å². The van der Waals surface area contributed by atoms with Crippen LogP contribution >= 0.6 is 11.6 Å². The van der Waals surface area contributed by atoms with Crippen molar-refractivity contribution in [1.82, 2.24) is 4.98 Å². The van der Waals surface area contributed by atoms with E-state index in [0.29, 0.717) is 16.3 Å². The molecule has 4 nitrogen and oxygen atoms in total. The van der Waals surface area contributed by atoms with Crippen molar-refractivity contribution in [3.05, 3.63) is 51.8 Å². The number of aromatic nitrogens is 1. The fourth-order valence-electron chi connectivity index (χ4n) is 2.16. The standard InChI is InChI=1S/C16H17ClN2O2/c1-9-5-6-14(11(3)15(9)21-4)19-16(20)12-8-18-10(2)7-13(12)17/h5-8H,1-4H3,(H,19,20). The number of pyridine rings is 1. The van der Waals surface area contributed by atoms with Gasteiger partial charge in [0.2, 0.25) is 0 Å². The molecule has 5 heteroatoms. The lowest BCUT2D eigenvalue weighted by Gasteiger charge is -2.14. The molecule has 0 atom stereocenters. The highest BCUT2D eigenvalue weighted by Gasteiger charge is 2.14. The average molecular weight is 305 g/mol. The number of carbonyl (C=O) groups excluding carboxylic acids is 1. The summed E-state index contributed by atoms with van der Waals surface area (Å²) in [4.78, 5) is 16.4. The number of halogens is 1. The number of amides is 1. The number of carbonyl (C=O) groups is 1. The summed E-state index contributed by atoms with van der Waals surface area (Å²) in [5.41, 5.74) is 3.70. The van der Waals surface area contributed by atoms with Gasteiger partial charge in [-0.05, 0) is 38.5 Å². The van der Waals surface area contributed by atoms with Gasteiger partial charge in [-0.3, -0.25) is 9.78 Å². The molecule has 1 aromatic heterocycles. The number of ether oxygens (including phenoxy) is 1. The number of rotatable bonds is 3. The van der Waals surface area contributed by atoms with Crippen LogP contribution < -0.4 is 10.1 Å². The molecule has 0 radical (unpaired) electrons. The van der Waals surface area contributed by atoms with Crippen LogP contribution in [0.2, 0.25) is 5.02 Å². The molecule has 0 spiro atoms. The first kappa shape index (κ1) is 15.3. The van der Waals surface area contributed by atoms with Crippen molar-refractivity contribution in [3.63, 3.8) is 0 Å². The number of nitrogens with one attached hydrogen (secondary N) is 1. The Labute approximate surface area is 129 Å². The molecule has 0 unspecified atom stereocenters. The van der Waals surface area contributed by atoms with Crippen LogP contribution in [0.25, 0.3) is 0 Å². The van der Waals surface area contributed by atoms with Crippen molar-refractivity contribution in [1.29, 1.82) is 0 Å². The molecule has 2 aromatic rings. The molecule has 1 N–H and O–H groups in total. The molecule has 2 rings (SSSR count). The lowest BCUT2D eigenvalue weighted by Crippen LogP contribution is -2.14. The molecule has 0 aliphatic carbocycles. The lowest BCUT2D eigenvalue weighted by molar-refractivity contribution is 0.102. The summed E-state index contributed by atoms with van der Waals surface area (Å²) in [5, 5.41) is 3.23. The van der Waals surface area contributed by atoms with Crippen LogP contribution in [0.4, 0.5) is 5.69 Å². The molecule has 110 valence electrons. The van der Waals surface area contributed by atoms with E-state index in [-0.39, 0.29) is 5.91 Å². The zero-order valence-electron chi connectivity index (χ0n) is 12.5. The molecular weight excluding hydrogens is 288 g/mol. The number of anilines is 1. The number of aryl methyl sites for hydroxylation is 2. The topological polar surface area (TPSA) is 51.2 Å². The minimum atomic E-state index is -0.290. The van der Waals surface area contributed by atoms with Crippen LogP contribution in [0.1, 0.15) is 27.2 Å². The van der Waals surface area contributed by atoms with E-state index < -0.39 is 0 Å². The van der Waals surface area contributed by atoms with Crippen LogP contribution in [0.5, 0.6) is 5.75 Å². The Kier molecular flexibility index (Phi) is 4.48. The number of methoxy groups -OCH3 is 1. The van der Waals surface area contributed by atoms with Crippen molar-refractivity contribution in [2.24, 2.45) is 0 Å². The van der Waals surface area contributed by atoms with E-state index in [1.165, 1.54) is 6.20 Å². The van der Waals surface area contributed by atoms with Gasteiger partial charge in [0.25, 0.3) is 5.91 Å². The third kappa shape index (κ3) is 3.16. The molecule has 0 saturated carbocycles. The van der Waals surface area contributed by atoms with Gasteiger partial charge in [-0.15, -0.1) is 0 Å². The average Bonchev–Trinajstić information content (AvgIpc) is 2.42. The van der Waals surface area contributed by atoms with Crippen molar-refractivity contribution < 1.29 is 9.53 Å². The molecule has 1 amide bonds. The van der Waals surface area contributed by atoms with Crippen LogP contribution in [0, 0.1) is 20.8 Å². The second kappa shape index (κ2) is 6.14. The Morgan fingerprint density at radius 1 is 1.29 bits per heavy atom. The Morgan fingerprint density at radius 3 is 2.62 bits per heavy atom. The quantitative estimate of drug-likeness (QED) is 0.935. The number of hydrogen-bond donors (Lipinski definition) is 1. The van der Waals surface area contributed by atoms with Gasteiger partial charge in [-0.25, -0.2) is 0 Å². The van der Waals surface area contributed by atoms with E-state index in [0.717, 1.165) is 22.6 Å². The van der Waals surface area contributed by atoms with E-state index >= 15 is 0 Å². The van der Waals surface area contributed by atoms with Gasteiger partial charge in [0.1, 0.15) is 5.75 Å². The minimum absolute atomic E-state index is 0.290. The lowest BCUT2D eigenvalue weighted by atomic mass is 10.1. The summed E-state index contributed by atoms with van der Waals surface area (Å²) in [7, 11) is 1.61. The van der Waals surface area contributed by atoms with Gasteiger partial charge in [-0.1, -0.05) is 17.7 Å². The predicted octanol–water partition coefficient (Wildman–Crippen LogP) is 3.92. The highest BCUT2D eigenvalue weighted by molar-refractivity contribution is 6.34. The fraction of sp³-hybridized carbons (Fsp3) is 0.250. The van der Waals surface area contributed by atoms with Gasteiger partial charge >= 0.3 is 0 Å². The first-order valence-electron chi connectivity index (χ1n) is 6.51. The normalized spacial score (nSPS) is 10.3. The summed E-state index contributed by atoms with van der Waals surface area (Å²) in [6, 6.07) is 5.41. The van der Waals surface area contributed by atoms with Gasteiger partial charge in [0.15, 0.2) is 0 Å². The second-order valence-corrected chi connectivity index (χ2v) is 5.26. The molecular formula is C16H17ClN2O2. The summed E-state index contributed by atoms with van der Waals surface area (Å²) in [6.07, 6.45) is 1.48. The monoisotopic (exact) mass is 304 g/mol. The molecule has 0 saturated heterocycles. The maximum absolute atomic E-state index is 12.3. The van der Waals surface area contributed by atoms with Crippen LogP contribution in [0.3, 0.4) is 0 Å². The Balaban J connectivity index is 2.32. The van der Waals surface area contributed by atoms with Gasteiger partial charge in [0, 0.05) is 23.1 Å². The van der Waals surface area contributed by atoms with Gasteiger partial charge in [-0.2, -0.15) is 0 Å². The molecule has 0 fully saturated rings. The summed E-state index contributed by atoms with van der Waals surface area (Å²) < 4.78 is 5.35. The molecule has 0 aliphatic rings. The molecule has 21 heavy (non-hydrogen) atoms. The van der Waals surface area contributed by atoms with Crippen molar-refractivity contribution in [2.45, 2.75) is 20.8 Å². The van der Waals surface area contributed by atoms with Gasteiger partial charge in [0.05, 0.1) is 17.7 Å². The number of nitrogens with zero attached hydrogens (tertiary/aromatic N) is 1. The highest BCUT2D eigenvalue weighted by atomic mass is 35.5. The van der Waals surface area contributed by atoms with Crippen molar-refractivity contribution >= 4 is 23.2 Å². The van der Waals surface area contributed by atoms with Crippen molar-refractivity contribution in [2.75, 3.05) is 12.4 Å². The molecule has 0 aliphatic heterocycles. The fourth-order valence-corrected chi connectivity index (χ4v) is 2.45. The first-order chi connectivity index (χ1) is 9.93. The van der Waals surface area contributed by atoms with E-state index in [9.17, 15) is 4.79 Å². The van der Waals surface area contributed by atoms with E-state index in [2.05, 4.69) is 10.3 Å². The third-order valence-corrected chi connectivity index (χ3v) is 3.60. The summed E-state index contributed by atoms with van der Waals surface area (Å²) >= 11 is 6.09. The minimum Gasteiger partial charge on any atom is -0.496 e. The number of benzene rings is 1. The molecule has 0 bridgehead atoms. The maximum atomic E-state index is 12.3. The van der Waals surface area contributed by atoms with Crippen LogP contribution in [0.15, 0.2) is 24.4 Å². The zero-order chi connectivity index (χ0) is 15.6. The molecule has 1 aromatic carbocycles. The first-order valence-corrected chi connectivity index (χ1v) is 6.89. The van der Waals surface area contributed by atoms with Crippen LogP contribution in [-0.4, -0.2) is 18.0 Å². The zero-order valence-corrected chi connectivity index (χ0v) is 13.2. The maximum Gasteiger partial charge on any atom is 0.258 e. The van der Waals surface area contributed by atoms with Crippen molar-refractivity contribution in [3.8, 4) is 5.75 Å². The Morgan fingerprint density at radius 2 is 2.00 bits per heavy atom. The van der Waals surface area contributed by atoms with E-state index in [4.69, 9.17) is 16.3 Å².